The van der Waals surface area contributed by atoms with Crippen LogP contribution in [0.1, 0.15) is 19.4 Å². The van der Waals surface area contributed by atoms with Crippen LogP contribution in [-0.2, 0) is 6.42 Å². The minimum Gasteiger partial charge on any atom is -0.396 e. The van der Waals surface area contributed by atoms with Gasteiger partial charge in [0.15, 0.2) is 0 Å². The number of rotatable bonds is 6. The van der Waals surface area contributed by atoms with Gasteiger partial charge in [0.25, 0.3) is 0 Å². The molecule has 0 radical (unpaired) electrons. The van der Waals surface area contributed by atoms with Crippen molar-refractivity contribution < 1.29 is 5.11 Å². The van der Waals surface area contributed by atoms with Gasteiger partial charge in [0.2, 0.25) is 0 Å². The smallest absolute Gasteiger partial charge is 0.0494 e. The van der Waals surface area contributed by atoms with Gasteiger partial charge in [-0.3, -0.25) is 4.98 Å². The number of aromatic nitrogens is 1. The van der Waals surface area contributed by atoms with E-state index in [2.05, 4.69) is 16.4 Å². The lowest BCUT2D eigenvalue weighted by Crippen LogP contribution is -2.33. The zero-order chi connectivity index (χ0) is 11.1. The second-order valence-electron chi connectivity index (χ2n) is 4.61. The molecule has 0 aliphatic heterocycles. The monoisotopic (exact) mass is 208 g/mol. The Balaban J connectivity index is 2.18. The second kappa shape index (κ2) is 5.83. The molecule has 0 bridgehead atoms. The van der Waals surface area contributed by atoms with Crippen molar-refractivity contribution in [3.63, 3.8) is 0 Å². The van der Waals surface area contributed by atoms with Crippen molar-refractivity contribution in [3.05, 3.63) is 30.1 Å². The van der Waals surface area contributed by atoms with Crippen LogP contribution in [0.15, 0.2) is 24.5 Å². The highest BCUT2D eigenvalue weighted by molar-refractivity contribution is 5.08. The Labute approximate surface area is 91.5 Å². The van der Waals surface area contributed by atoms with Crippen molar-refractivity contribution in [2.45, 2.75) is 20.3 Å². The van der Waals surface area contributed by atoms with E-state index in [0.717, 1.165) is 19.5 Å². The Morgan fingerprint density at radius 2 is 2.27 bits per heavy atom. The number of nitrogens with zero attached hydrogens (tertiary/aromatic N) is 1. The molecule has 0 aliphatic rings. The zero-order valence-corrected chi connectivity index (χ0v) is 9.53. The molecule has 0 spiro atoms. The number of hydrogen-bond donors (Lipinski definition) is 2. The molecule has 3 nitrogen and oxygen atoms in total. The Kier molecular flexibility index (Phi) is 4.72. The maximum Gasteiger partial charge on any atom is 0.0494 e. The van der Waals surface area contributed by atoms with Crippen LogP contribution in [0, 0.1) is 5.41 Å². The van der Waals surface area contributed by atoms with E-state index in [1.54, 1.807) is 6.20 Å². The van der Waals surface area contributed by atoms with E-state index in [1.807, 2.05) is 26.1 Å². The molecule has 0 atom stereocenters. The first kappa shape index (κ1) is 12.1. The average Bonchev–Trinajstić information content (AvgIpc) is 2.26. The fraction of sp³-hybridized carbons (Fsp3) is 0.583. The van der Waals surface area contributed by atoms with Gasteiger partial charge in [-0.2, -0.15) is 0 Å². The van der Waals surface area contributed by atoms with Crippen LogP contribution >= 0.6 is 0 Å². The van der Waals surface area contributed by atoms with Gasteiger partial charge in [0.05, 0.1) is 0 Å². The van der Waals surface area contributed by atoms with Gasteiger partial charge >= 0.3 is 0 Å². The second-order valence-corrected chi connectivity index (χ2v) is 4.61. The standard InChI is InChI=1S/C12H20N2O/c1-12(2,10-15)9-14-7-5-11-4-3-6-13-8-11/h3-4,6,8,14-15H,5,7,9-10H2,1-2H3. The Morgan fingerprint density at radius 1 is 1.47 bits per heavy atom. The molecule has 1 aromatic heterocycles. The van der Waals surface area contributed by atoms with Crippen molar-refractivity contribution in [2.75, 3.05) is 19.7 Å². The molecule has 0 saturated carbocycles. The molecule has 0 fully saturated rings. The normalized spacial score (nSPS) is 11.7. The average molecular weight is 208 g/mol. The summed E-state index contributed by atoms with van der Waals surface area (Å²) in [6, 6.07) is 4.03. The number of pyridine rings is 1. The fourth-order valence-electron chi connectivity index (χ4n) is 1.26. The van der Waals surface area contributed by atoms with Gasteiger partial charge in [-0.15, -0.1) is 0 Å². The molecule has 0 unspecified atom stereocenters. The van der Waals surface area contributed by atoms with E-state index in [4.69, 9.17) is 5.11 Å². The topological polar surface area (TPSA) is 45.1 Å². The summed E-state index contributed by atoms with van der Waals surface area (Å²) >= 11 is 0. The van der Waals surface area contributed by atoms with Crippen molar-refractivity contribution in [1.82, 2.24) is 10.3 Å². The summed E-state index contributed by atoms with van der Waals surface area (Å²) in [5, 5.41) is 12.4. The quantitative estimate of drug-likeness (QED) is 0.691. The van der Waals surface area contributed by atoms with Gasteiger partial charge < -0.3 is 10.4 Å². The first-order valence-electron chi connectivity index (χ1n) is 5.34. The molecule has 1 rings (SSSR count). The van der Waals surface area contributed by atoms with Crippen molar-refractivity contribution in [3.8, 4) is 0 Å². The molecular weight excluding hydrogens is 188 g/mol. The van der Waals surface area contributed by atoms with Crippen LogP contribution in [-0.4, -0.2) is 29.8 Å². The van der Waals surface area contributed by atoms with Gasteiger partial charge in [0.1, 0.15) is 0 Å². The summed E-state index contributed by atoms with van der Waals surface area (Å²) in [6.07, 6.45) is 4.65. The molecule has 1 aromatic rings. The lowest BCUT2D eigenvalue weighted by Gasteiger charge is -2.21. The molecule has 3 heteroatoms. The number of hydrogen-bond acceptors (Lipinski definition) is 3. The first-order chi connectivity index (χ1) is 7.14. The molecule has 1 heterocycles. The molecule has 15 heavy (non-hydrogen) atoms. The highest BCUT2D eigenvalue weighted by Gasteiger charge is 2.14. The van der Waals surface area contributed by atoms with Crippen LogP contribution in [0.4, 0.5) is 0 Å². The Morgan fingerprint density at radius 3 is 2.87 bits per heavy atom. The number of nitrogens with one attached hydrogen (secondary N) is 1. The molecule has 84 valence electrons. The van der Waals surface area contributed by atoms with Gasteiger partial charge in [-0.05, 0) is 24.6 Å². The SMILES string of the molecule is CC(C)(CO)CNCCc1cccnc1. The fourth-order valence-corrected chi connectivity index (χ4v) is 1.26. The zero-order valence-electron chi connectivity index (χ0n) is 9.53. The van der Waals surface area contributed by atoms with Gasteiger partial charge in [-0.1, -0.05) is 19.9 Å². The van der Waals surface area contributed by atoms with Crippen molar-refractivity contribution >= 4 is 0 Å². The first-order valence-corrected chi connectivity index (χ1v) is 5.34. The van der Waals surface area contributed by atoms with E-state index in [-0.39, 0.29) is 12.0 Å². The highest BCUT2D eigenvalue weighted by Crippen LogP contribution is 2.10. The molecule has 0 aliphatic carbocycles. The van der Waals surface area contributed by atoms with Crippen LogP contribution in [0.2, 0.25) is 0 Å². The maximum atomic E-state index is 9.06. The molecular formula is C12H20N2O. The van der Waals surface area contributed by atoms with E-state index >= 15 is 0 Å². The summed E-state index contributed by atoms with van der Waals surface area (Å²) in [7, 11) is 0. The third-order valence-electron chi connectivity index (χ3n) is 2.34. The summed E-state index contributed by atoms with van der Waals surface area (Å²) in [5.41, 5.74) is 1.21. The van der Waals surface area contributed by atoms with Crippen molar-refractivity contribution in [2.24, 2.45) is 5.41 Å². The van der Waals surface area contributed by atoms with Crippen LogP contribution in [0.25, 0.3) is 0 Å². The molecule has 0 amide bonds. The highest BCUT2D eigenvalue weighted by atomic mass is 16.3. The molecule has 0 saturated heterocycles. The largest absolute Gasteiger partial charge is 0.396 e. The summed E-state index contributed by atoms with van der Waals surface area (Å²) in [4.78, 5) is 4.06. The minimum atomic E-state index is -0.0328. The van der Waals surface area contributed by atoms with Crippen LogP contribution in [0.3, 0.4) is 0 Å². The van der Waals surface area contributed by atoms with Crippen molar-refractivity contribution in [1.29, 1.82) is 0 Å². The lowest BCUT2D eigenvalue weighted by molar-refractivity contribution is 0.157. The third kappa shape index (κ3) is 4.91. The molecule has 0 aromatic carbocycles. The lowest BCUT2D eigenvalue weighted by atomic mass is 9.95. The predicted octanol–water partition coefficient (Wildman–Crippen LogP) is 1.23. The maximum absolute atomic E-state index is 9.06. The summed E-state index contributed by atoms with van der Waals surface area (Å²) < 4.78 is 0. The predicted molar refractivity (Wildman–Crippen MR) is 61.7 cm³/mol. The Bertz CT molecular complexity index is 272. The van der Waals surface area contributed by atoms with Gasteiger partial charge in [-0.25, -0.2) is 0 Å². The van der Waals surface area contributed by atoms with Crippen LogP contribution < -0.4 is 5.32 Å². The van der Waals surface area contributed by atoms with Crippen LogP contribution in [0.5, 0.6) is 0 Å². The number of aliphatic hydroxyl groups is 1. The summed E-state index contributed by atoms with van der Waals surface area (Å²) in [6.45, 7) is 6.07. The van der Waals surface area contributed by atoms with Gasteiger partial charge in [0, 0.05) is 31.0 Å². The Hall–Kier alpha value is -0.930. The molecule has 2 N–H and O–H groups in total. The summed E-state index contributed by atoms with van der Waals surface area (Å²) in [5.74, 6) is 0. The van der Waals surface area contributed by atoms with E-state index in [9.17, 15) is 0 Å². The number of aliphatic hydroxyl groups excluding tert-OH is 1. The van der Waals surface area contributed by atoms with E-state index in [1.165, 1.54) is 5.56 Å². The third-order valence-corrected chi connectivity index (χ3v) is 2.34. The van der Waals surface area contributed by atoms with E-state index < -0.39 is 0 Å². The van der Waals surface area contributed by atoms with E-state index in [0.29, 0.717) is 0 Å². The minimum absolute atomic E-state index is 0.0328.